The zero-order valence-electron chi connectivity index (χ0n) is 18.0. The Kier molecular flexibility index (Phi) is 6.91. The lowest BCUT2D eigenvalue weighted by molar-refractivity contribution is -0.140. The summed E-state index contributed by atoms with van der Waals surface area (Å²) in [7, 11) is 2.58. The summed E-state index contributed by atoms with van der Waals surface area (Å²) in [6.45, 7) is 2.87. The van der Waals surface area contributed by atoms with Gasteiger partial charge in [-0.2, -0.15) is 0 Å². The lowest BCUT2D eigenvalue weighted by atomic mass is 10.0. The Morgan fingerprint density at radius 3 is 2.58 bits per heavy atom. The first-order valence-electron chi connectivity index (χ1n) is 10.4. The van der Waals surface area contributed by atoms with E-state index >= 15 is 0 Å². The molecule has 10 heteroatoms. The van der Waals surface area contributed by atoms with E-state index in [-0.39, 0.29) is 46.5 Å². The Hall–Kier alpha value is -2.98. The van der Waals surface area contributed by atoms with E-state index in [0.29, 0.717) is 18.8 Å². The number of carbonyl (C=O) groups excluding carboxylic acids is 3. The van der Waals surface area contributed by atoms with Crippen LogP contribution in [0.15, 0.2) is 18.2 Å². The summed E-state index contributed by atoms with van der Waals surface area (Å²) in [5, 5.41) is 11.4. The SMILES string of the molecule is COC(=O)CC[N+]1(c2ccc(C(=O)OC)cc2C(=N)N)CCN(C2CCNCC2)C1=O. The molecule has 0 radical (unpaired) electrons. The Labute approximate surface area is 181 Å². The summed E-state index contributed by atoms with van der Waals surface area (Å²) in [4.78, 5) is 39.6. The van der Waals surface area contributed by atoms with Crippen molar-refractivity contribution in [3.63, 3.8) is 0 Å². The second-order valence-electron chi connectivity index (χ2n) is 7.84. The number of nitrogens with two attached hydrogens (primary N) is 1. The summed E-state index contributed by atoms with van der Waals surface area (Å²) in [5.74, 6) is -1.23. The number of methoxy groups -OCH3 is 2. The number of ether oxygens (including phenoxy) is 2. The largest absolute Gasteiger partial charge is 0.469 e. The first-order valence-corrected chi connectivity index (χ1v) is 10.4. The van der Waals surface area contributed by atoms with Crippen LogP contribution < -0.4 is 15.5 Å². The maximum Gasteiger partial charge on any atom is 0.424 e. The van der Waals surface area contributed by atoms with E-state index in [2.05, 4.69) is 5.32 Å². The Bertz CT molecular complexity index is 883. The van der Waals surface area contributed by atoms with E-state index in [9.17, 15) is 14.4 Å². The van der Waals surface area contributed by atoms with Gasteiger partial charge in [0.15, 0.2) is 5.69 Å². The van der Waals surface area contributed by atoms with Crippen LogP contribution in [-0.2, 0) is 14.3 Å². The minimum atomic E-state index is -0.556. The Balaban J connectivity index is 2.05. The number of nitrogens with zero attached hydrogens (tertiary/aromatic N) is 2. The third-order valence-electron chi connectivity index (χ3n) is 6.18. The molecule has 2 aliphatic heterocycles. The molecule has 2 fully saturated rings. The fourth-order valence-electron chi connectivity index (χ4n) is 4.48. The predicted octanol–water partition coefficient (Wildman–Crippen LogP) is 0.815. The molecule has 3 rings (SSSR count). The first-order chi connectivity index (χ1) is 14.8. The van der Waals surface area contributed by atoms with Crippen LogP contribution in [0.1, 0.15) is 35.2 Å². The van der Waals surface area contributed by atoms with Gasteiger partial charge in [-0.15, -0.1) is 0 Å². The number of urea groups is 1. The van der Waals surface area contributed by atoms with Crippen LogP contribution >= 0.6 is 0 Å². The summed E-state index contributed by atoms with van der Waals surface area (Å²) < 4.78 is 9.43. The molecule has 0 saturated carbocycles. The predicted molar refractivity (Wildman–Crippen MR) is 115 cm³/mol. The second-order valence-corrected chi connectivity index (χ2v) is 7.84. The third-order valence-corrected chi connectivity index (χ3v) is 6.18. The Morgan fingerprint density at radius 2 is 1.97 bits per heavy atom. The number of quaternary nitrogens is 1. The molecule has 168 valence electrons. The molecule has 0 aliphatic carbocycles. The number of piperidine rings is 1. The number of esters is 2. The number of nitrogen functional groups attached to an aromatic ring is 1. The van der Waals surface area contributed by atoms with Crippen LogP contribution in [0.2, 0.25) is 0 Å². The number of amides is 2. The summed E-state index contributed by atoms with van der Waals surface area (Å²) in [6.07, 6.45) is 1.77. The minimum Gasteiger partial charge on any atom is -0.469 e. The summed E-state index contributed by atoms with van der Waals surface area (Å²) in [6, 6.07) is 4.68. The van der Waals surface area contributed by atoms with Gasteiger partial charge in [-0.1, -0.05) is 0 Å². The number of hydrogen-bond acceptors (Lipinski definition) is 7. The van der Waals surface area contributed by atoms with Crippen molar-refractivity contribution in [2.45, 2.75) is 25.3 Å². The number of benzene rings is 1. The third kappa shape index (κ3) is 4.40. The lowest BCUT2D eigenvalue weighted by Crippen LogP contribution is -2.56. The highest BCUT2D eigenvalue weighted by atomic mass is 16.5. The average molecular weight is 433 g/mol. The minimum absolute atomic E-state index is 0.0401. The normalized spacial score (nSPS) is 21.7. The summed E-state index contributed by atoms with van der Waals surface area (Å²) in [5.41, 5.74) is 6.88. The quantitative estimate of drug-likeness (QED) is 0.251. The molecule has 0 spiro atoms. The number of amidine groups is 1. The van der Waals surface area contributed by atoms with Gasteiger partial charge in [0, 0.05) is 12.1 Å². The van der Waals surface area contributed by atoms with E-state index < -0.39 is 11.9 Å². The monoisotopic (exact) mass is 432 g/mol. The van der Waals surface area contributed by atoms with Gasteiger partial charge >= 0.3 is 18.0 Å². The Morgan fingerprint density at radius 1 is 1.26 bits per heavy atom. The fraction of sp³-hybridized carbons (Fsp3) is 0.524. The van der Waals surface area contributed by atoms with Gasteiger partial charge in [-0.3, -0.25) is 15.1 Å². The summed E-state index contributed by atoms with van der Waals surface area (Å²) >= 11 is 0. The van der Waals surface area contributed by atoms with Crippen molar-refractivity contribution < 1.29 is 23.9 Å². The molecular weight excluding hydrogens is 402 g/mol. The van der Waals surface area contributed by atoms with Gasteiger partial charge in [0.1, 0.15) is 18.9 Å². The molecule has 0 bridgehead atoms. The molecule has 4 N–H and O–H groups in total. The van der Waals surface area contributed by atoms with Gasteiger partial charge in [0.2, 0.25) is 0 Å². The van der Waals surface area contributed by atoms with Gasteiger partial charge in [-0.05, 0) is 38.1 Å². The van der Waals surface area contributed by atoms with Crippen molar-refractivity contribution in [2.24, 2.45) is 5.73 Å². The van der Waals surface area contributed by atoms with Crippen LogP contribution in [0.25, 0.3) is 0 Å². The molecular formula is C21H30N5O5+. The first kappa shape index (κ1) is 22.7. The second kappa shape index (κ2) is 9.44. The van der Waals surface area contributed by atoms with Crippen molar-refractivity contribution in [1.82, 2.24) is 14.7 Å². The maximum absolute atomic E-state index is 13.8. The molecule has 1 aromatic carbocycles. The van der Waals surface area contributed by atoms with Crippen LogP contribution in [0.3, 0.4) is 0 Å². The molecule has 1 atom stereocenters. The highest BCUT2D eigenvalue weighted by molar-refractivity contribution is 6.05. The van der Waals surface area contributed by atoms with Crippen molar-refractivity contribution >= 4 is 29.5 Å². The molecule has 0 aromatic heterocycles. The molecule has 2 amide bonds. The molecule has 2 saturated heterocycles. The average Bonchev–Trinajstić information content (AvgIpc) is 3.13. The van der Waals surface area contributed by atoms with E-state index in [1.54, 1.807) is 12.1 Å². The standard InChI is InChI=1S/C21H30N5O5/c1-30-18(27)7-11-26(12-10-25(21(26)29)15-5-8-24-9-6-15)17-4-3-14(20(28)31-2)13-16(17)19(22)23/h3-4,13,15,24H,5-12H2,1-2H3,(H3,22,23)/q+1. The zero-order valence-corrected chi connectivity index (χ0v) is 18.0. The molecule has 10 nitrogen and oxygen atoms in total. The molecule has 1 unspecified atom stereocenters. The highest BCUT2D eigenvalue weighted by Crippen LogP contribution is 2.35. The van der Waals surface area contributed by atoms with E-state index in [4.69, 9.17) is 20.6 Å². The van der Waals surface area contributed by atoms with Gasteiger partial charge in [-0.25, -0.2) is 14.1 Å². The van der Waals surface area contributed by atoms with E-state index in [0.717, 1.165) is 25.9 Å². The lowest BCUT2D eigenvalue weighted by Gasteiger charge is -2.34. The van der Waals surface area contributed by atoms with Crippen molar-refractivity contribution in [2.75, 3.05) is 46.9 Å². The highest BCUT2D eigenvalue weighted by Gasteiger charge is 2.52. The maximum atomic E-state index is 13.8. The zero-order chi connectivity index (χ0) is 22.6. The van der Waals surface area contributed by atoms with Crippen LogP contribution in [0, 0.1) is 5.41 Å². The van der Waals surface area contributed by atoms with Crippen LogP contribution in [-0.4, -0.2) is 81.7 Å². The number of carbonyl (C=O) groups is 3. The van der Waals surface area contributed by atoms with Crippen molar-refractivity contribution in [3.05, 3.63) is 29.3 Å². The van der Waals surface area contributed by atoms with Crippen molar-refractivity contribution in [1.29, 1.82) is 5.41 Å². The number of hydrogen-bond donors (Lipinski definition) is 3. The van der Waals surface area contributed by atoms with Crippen LogP contribution in [0.4, 0.5) is 10.5 Å². The molecule has 31 heavy (non-hydrogen) atoms. The van der Waals surface area contributed by atoms with Gasteiger partial charge in [0.05, 0.1) is 38.3 Å². The number of nitrogens with one attached hydrogen (secondary N) is 2. The van der Waals surface area contributed by atoms with E-state index in [1.807, 2.05) is 4.90 Å². The smallest absolute Gasteiger partial charge is 0.424 e. The van der Waals surface area contributed by atoms with Crippen molar-refractivity contribution in [3.8, 4) is 0 Å². The van der Waals surface area contributed by atoms with E-state index in [1.165, 1.54) is 20.3 Å². The molecule has 1 aromatic rings. The van der Waals surface area contributed by atoms with Crippen LogP contribution in [0.5, 0.6) is 0 Å². The van der Waals surface area contributed by atoms with Gasteiger partial charge in [0.25, 0.3) is 0 Å². The fourth-order valence-corrected chi connectivity index (χ4v) is 4.48. The molecule has 2 heterocycles. The molecule has 2 aliphatic rings. The topological polar surface area (TPSA) is 135 Å². The number of rotatable bonds is 7. The van der Waals surface area contributed by atoms with Gasteiger partial charge < -0.3 is 20.5 Å².